The Labute approximate surface area is 161 Å². The maximum atomic E-state index is 13.2. The highest BCUT2D eigenvalue weighted by atomic mass is 16.8. The SMILES string of the molecule is COC1=CC2(C(=O)OCCCOC2=O)C(c2ccccc2)=C2OCOC12OC. The van der Waals surface area contributed by atoms with E-state index in [1.807, 2.05) is 6.07 Å². The van der Waals surface area contributed by atoms with Gasteiger partial charge in [-0.15, -0.1) is 0 Å². The molecule has 2 aliphatic heterocycles. The summed E-state index contributed by atoms with van der Waals surface area (Å²) in [5, 5.41) is 0. The maximum absolute atomic E-state index is 13.2. The minimum atomic E-state index is -1.90. The van der Waals surface area contributed by atoms with Crippen LogP contribution in [0.1, 0.15) is 12.0 Å². The lowest BCUT2D eigenvalue weighted by molar-refractivity contribution is -0.177. The van der Waals surface area contributed by atoms with Crippen LogP contribution in [0.25, 0.3) is 5.57 Å². The van der Waals surface area contributed by atoms with Crippen molar-refractivity contribution in [2.24, 2.45) is 5.41 Å². The summed E-state index contributed by atoms with van der Waals surface area (Å²) in [6.45, 7) is 0.128. The van der Waals surface area contributed by atoms with Gasteiger partial charge in [-0.25, -0.2) is 0 Å². The summed E-state index contributed by atoms with van der Waals surface area (Å²) < 4.78 is 33.3. The van der Waals surface area contributed by atoms with Gasteiger partial charge in [0.2, 0.25) is 5.41 Å². The Morgan fingerprint density at radius 1 is 0.964 bits per heavy atom. The lowest BCUT2D eigenvalue weighted by atomic mass is 9.71. The summed E-state index contributed by atoms with van der Waals surface area (Å²) >= 11 is 0. The highest BCUT2D eigenvalue weighted by Crippen LogP contribution is 2.54. The number of carbonyl (C=O) groups is 2. The summed E-state index contributed by atoms with van der Waals surface area (Å²) in [6.07, 6.45) is 1.78. The monoisotopic (exact) mass is 388 g/mol. The van der Waals surface area contributed by atoms with Crippen LogP contribution >= 0.6 is 0 Å². The third-order valence-corrected chi connectivity index (χ3v) is 5.03. The number of ether oxygens (including phenoxy) is 6. The zero-order valence-corrected chi connectivity index (χ0v) is 15.6. The van der Waals surface area contributed by atoms with Crippen molar-refractivity contribution in [3.63, 3.8) is 0 Å². The van der Waals surface area contributed by atoms with E-state index in [4.69, 9.17) is 28.4 Å². The molecule has 2 saturated heterocycles. The van der Waals surface area contributed by atoms with Gasteiger partial charge in [-0.2, -0.15) is 0 Å². The van der Waals surface area contributed by atoms with Crippen molar-refractivity contribution in [1.29, 1.82) is 0 Å². The quantitative estimate of drug-likeness (QED) is 0.572. The molecule has 0 N–H and O–H groups in total. The van der Waals surface area contributed by atoms with Crippen LogP contribution in [-0.4, -0.2) is 52.0 Å². The Morgan fingerprint density at radius 2 is 1.64 bits per heavy atom. The van der Waals surface area contributed by atoms with Crippen molar-refractivity contribution in [3.8, 4) is 0 Å². The van der Waals surface area contributed by atoms with E-state index in [0.717, 1.165) is 0 Å². The van der Waals surface area contributed by atoms with E-state index in [9.17, 15) is 9.59 Å². The Morgan fingerprint density at radius 3 is 2.25 bits per heavy atom. The van der Waals surface area contributed by atoms with Gasteiger partial charge in [-0.1, -0.05) is 30.3 Å². The largest absolute Gasteiger partial charge is 0.495 e. The van der Waals surface area contributed by atoms with E-state index in [1.165, 1.54) is 20.3 Å². The van der Waals surface area contributed by atoms with Gasteiger partial charge in [-0.05, 0) is 11.6 Å². The van der Waals surface area contributed by atoms with Crippen LogP contribution in [-0.2, 0) is 38.0 Å². The van der Waals surface area contributed by atoms with E-state index in [-0.39, 0.29) is 37.1 Å². The zero-order valence-electron chi connectivity index (χ0n) is 15.6. The second-order valence-corrected chi connectivity index (χ2v) is 6.44. The molecular weight excluding hydrogens is 368 g/mol. The standard InChI is InChI=1S/C20H20O8/c1-23-14-11-19(17(21)25-9-6-10-26-18(19)22)15(13-7-4-3-5-8-13)16-20(14,24-2)28-12-27-16/h3-5,7-8,11H,6,9-10,12H2,1-2H3. The Hall–Kier alpha value is -2.84. The second kappa shape index (κ2) is 6.96. The molecule has 28 heavy (non-hydrogen) atoms. The molecule has 8 nitrogen and oxygen atoms in total. The minimum absolute atomic E-state index is 0.108. The lowest BCUT2D eigenvalue weighted by Crippen LogP contribution is -2.50. The molecule has 1 aromatic rings. The fourth-order valence-electron chi connectivity index (χ4n) is 3.73. The average Bonchev–Trinajstić information content (AvgIpc) is 3.16. The van der Waals surface area contributed by atoms with E-state index in [1.54, 1.807) is 24.3 Å². The van der Waals surface area contributed by atoms with Crippen molar-refractivity contribution >= 4 is 17.5 Å². The molecule has 1 spiro atoms. The molecular formula is C20H20O8. The number of carbonyl (C=O) groups excluding carboxylic acids is 2. The first-order chi connectivity index (χ1) is 13.6. The van der Waals surface area contributed by atoms with Gasteiger partial charge in [0.25, 0.3) is 5.79 Å². The predicted octanol–water partition coefficient (Wildman–Crippen LogP) is 1.77. The van der Waals surface area contributed by atoms with Crippen LogP contribution in [0.4, 0.5) is 0 Å². The number of fused-ring (bicyclic) bond motifs is 1. The molecule has 2 fully saturated rings. The normalized spacial score (nSPS) is 26.4. The maximum Gasteiger partial charge on any atom is 0.332 e. The first kappa shape index (κ1) is 18.5. The molecule has 2 heterocycles. The first-order valence-corrected chi connectivity index (χ1v) is 8.84. The Balaban J connectivity index is 2.05. The molecule has 0 saturated carbocycles. The number of methoxy groups -OCH3 is 2. The van der Waals surface area contributed by atoms with E-state index in [2.05, 4.69) is 0 Å². The van der Waals surface area contributed by atoms with Crippen molar-refractivity contribution in [1.82, 2.24) is 0 Å². The van der Waals surface area contributed by atoms with Crippen LogP contribution in [0.3, 0.4) is 0 Å². The van der Waals surface area contributed by atoms with Crippen LogP contribution < -0.4 is 0 Å². The van der Waals surface area contributed by atoms with Crippen molar-refractivity contribution in [2.75, 3.05) is 34.2 Å². The summed E-state index contributed by atoms with van der Waals surface area (Å²) in [5.41, 5.74) is -1.08. The highest BCUT2D eigenvalue weighted by molar-refractivity contribution is 6.15. The number of rotatable bonds is 3. The molecule has 3 aliphatic rings. The number of hydrogen-bond acceptors (Lipinski definition) is 8. The third kappa shape index (κ3) is 2.45. The second-order valence-electron chi connectivity index (χ2n) is 6.44. The van der Waals surface area contributed by atoms with Crippen molar-refractivity contribution in [3.05, 3.63) is 53.5 Å². The molecule has 0 bridgehead atoms. The topological polar surface area (TPSA) is 89.5 Å². The molecule has 8 heteroatoms. The van der Waals surface area contributed by atoms with Crippen molar-refractivity contribution < 1.29 is 38.0 Å². The molecule has 4 rings (SSSR count). The molecule has 1 unspecified atom stereocenters. The first-order valence-electron chi connectivity index (χ1n) is 8.84. The Kier molecular flexibility index (Phi) is 4.60. The van der Waals surface area contributed by atoms with Gasteiger partial charge in [0.15, 0.2) is 18.3 Å². The van der Waals surface area contributed by atoms with E-state index >= 15 is 0 Å². The number of esters is 2. The number of hydrogen-bond donors (Lipinski definition) is 0. The number of benzene rings is 1. The van der Waals surface area contributed by atoms with Crippen LogP contribution in [0.15, 0.2) is 47.9 Å². The highest BCUT2D eigenvalue weighted by Gasteiger charge is 2.64. The minimum Gasteiger partial charge on any atom is -0.495 e. The molecule has 148 valence electrons. The molecule has 0 amide bonds. The van der Waals surface area contributed by atoms with Crippen LogP contribution in [0.5, 0.6) is 0 Å². The van der Waals surface area contributed by atoms with Gasteiger partial charge < -0.3 is 23.7 Å². The smallest absolute Gasteiger partial charge is 0.332 e. The lowest BCUT2D eigenvalue weighted by Gasteiger charge is -2.39. The summed E-state index contributed by atoms with van der Waals surface area (Å²) in [6, 6.07) is 8.92. The number of cyclic esters (lactones) is 2. The Bertz CT molecular complexity index is 838. The molecule has 1 atom stereocenters. The molecule has 0 radical (unpaired) electrons. The van der Waals surface area contributed by atoms with Gasteiger partial charge in [-0.3, -0.25) is 14.3 Å². The van der Waals surface area contributed by atoms with Crippen molar-refractivity contribution in [2.45, 2.75) is 12.2 Å². The van der Waals surface area contributed by atoms with Gasteiger partial charge >= 0.3 is 11.9 Å². The molecule has 1 aromatic carbocycles. The molecule has 1 aliphatic carbocycles. The van der Waals surface area contributed by atoms with Gasteiger partial charge in [0, 0.05) is 19.1 Å². The summed E-state index contributed by atoms with van der Waals surface area (Å²) in [5.74, 6) is -2.77. The van der Waals surface area contributed by atoms with Crippen LogP contribution in [0.2, 0.25) is 0 Å². The molecule has 0 aromatic heterocycles. The fraction of sp³-hybridized carbons (Fsp3) is 0.400. The van der Waals surface area contributed by atoms with Gasteiger partial charge in [0.1, 0.15) is 0 Å². The van der Waals surface area contributed by atoms with Gasteiger partial charge in [0.05, 0.1) is 20.3 Å². The zero-order chi connectivity index (χ0) is 19.8. The van der Waals surface area contributed by atoms with E-state index in [0.29, 0.717) is 12.0 Å². The van der Waals surface area contributed by atoms with E-state index < -0.39 is 23.1 Å². The summed E-state index contributed by atoms with van der Waals surface area (Å²) in [4.78, 5) is 26.4. The fourth-order valence-corrected chi connectivity index (χ4v) is 3.73. The predicted molar refractivity (Wildman–Crippen MR) is 94.2 cm³/mol. The average molecular weight is 388 g/mol. The van der Waals surface area contributed by atoms with Crippen LogP contribution in [0, 0.1) is 5.41 Å². The third-order valence-electron chi connectivity index (χ3n) is 5.03. The summed E-state index contributed by atoms with van der Waals surface area (Å²) in [7, 11) is 2.82.